The van der Waals surface area contributed by atoms with Crippen LogP contribution in [0.2, 0.25) is 0 Å². The van der Waals surface area contributed by atoms with E-state index in [1.54, 1.807) is 11.3 Å². The molecule has 0 spiro atoms. The van der Waals surface area contributed by atoms with Gasteiger partial charge in [-0.1, -0.05) is 6.07 Å². The molecule has 120 valence electrons. The Morgan fingerprint density at radius 1 is 1.27 bits per heavy atom. The lowest BCUT2D eigenvalue weighted by Crippen LogP contribution is -2.46. The van der Waals surface area contributed by atoms with Gasteiger partial charge in [0.2, 0.25) is 11.8 Å². The van der Waals surface area contributed by atoms with Gasteiger partial charge in [-0.2, -0.15) is 0 Å². The Hall–Kier alpha value is -1.69. The molecule has 1 aromatic heterocycles. The van der Waals surface area contributed by atoms with Crippen molar-refractivity contribution in [2.45, 2.75) is 45.1 Å². The van der Waals surface area contributed by atoms with Crippen LogP contribution in [0.25, 0.3) is 0 Å². The number of carbonyl (C=O) groups excluding carboxylic acids is 3. The predicted octanol–water partition coefficient (Wildman–Crippen LogP) is 1.77. The summed E-state index contributed by atoms with van der Waals surface area (Å²) in [5, 5.41) is 4.93. The van der Waals surface area contributed by atoms with Crippen molar-refractivity contribution >= 4 is 28.9 Å². The van der Waals surface area contributed by atoms with Crippen molar-refractivity contribution in [3.63, 3.8) is 0 Å². The minimum Gasteiger partial charge on any atom is -0.353 e. The minimum absolute atomic E-state index is 0.0316. The Morgan fingerprint density at radius 2 is 2.00 bits per heavy atom. The summed E-state index contributed by atoms with van der Waals surface area (Å²) < 4.78 is 0. The molecule has 1 aliphatic rings. The van der Waals surface area contributed by atoms with Gasteiger partial charge in [-0.3, -0.25) is 9.59 Å². The summed E-state index contributed by atoms with van der Waals surface area (Å²) >= 11 is 1.60. The fourth-order valence-corrected chi connectivity index (χ4v) is 3.23. The number of likely N-dealkylation sites (tertiary alicyclic amines) is 1. The third kappa shape index (κ3) is 5.26. The van der Waals surface area contributed by atoms with Crippen molar-refractivity contribution in [3.8, 4) is 0 Å². The lowest BCUT2D eigenvalue weighted by molar-refractivity contribution is -0.131. The van der Waals surface area contributed by atoms with E-state index in [4.69, 9.17) is 0 Å². The van der Waals surface area contributed by atoms with E-state index in [2.05, 4.69) is 5.32 Å². The van der Waals surface area contributed by atoms with Gasteiger partial charge in [0, 0.05) is 36.9 Å². The smallest absolute Gasteiger partial charge is 0.227 e. The van der Waals surface area contributed by atoms with Gasteiger partial charge in [-0.15, -0.1) is 11.3 Å². The molecule has 0 aromatic carbocycles. The number of piperidine rings is 1. The summed E-state index contributed by atoms with van der Waals surface area (Å²) in [5.74, 6) is 0.117. The maximum Gasteiger partial charge on any atom is 0.227 e. The number of nitrogens with zero attached hydrogens (tertiary/aromatic N) is 1. The molecule has 1 N–H and O–H groups in total. The molecule has 2 amide bonds. The molecule has 1 saturated heterocycles. The highest BCUT2D eigenvalue weighted by molar-refractivity contribution is 7.10. The molecule has 0 aliphatic carbocycles. The topological polar surface area (TPSA) is 66.5 Å². The highest BCUT2D eigenvalue weighted by Gasteiger charge is 2.23. The Balaban J connectivity index is 1.70. The second-order valence-corrected chi connectivity index (χ2v) is 6.71. The van der Waals surface area contributed by atoms with Gasteiger partial charge in [0.25, 0.3) is 0 Å². The van der Waals surface area contributed by atoms with Crippen molar-refractivity contribution < 1.29 is 14.4 Å². The first-order chi connectivity index (χ1) is 10.5. The number of rotatable bonds is 6. The largest absolute Gasteiger partial charge is 0.353 e. The normalized spacial score (nSPS) is 15.6. The van der Waals surface area contributed by atoms with E-state index in [0.29, 0.717) is 25.9 Å². The zero-order valence-electron chi connectivity index (χ0n) is 12.8. The molecule has 0 saturated carbocycles. The van der Waals surface area contributed by atoms with Crippen LogP contribution in [-0.4, -0.2) is 41.6 Å². The summed E-state index contributed by atoms with van der Waals surface area (Å²) in [7, 11) is 0. The van der Waals surface area contributed by atoms with Crippen LogP contribution >= 0.6 is 11.3 Å². The first-order valence-electron chi connectivity index (χ1n) is 7.63. The number of nitrogens with one attached hydrogen (secondary N) is 1. The molecule has 0 unspecified atom stereocenters. The maximum absolute atomic E-state index is 12.2. The lowest BCUT2D eigenvalue weighted by Gasteiger charge is -2.32. The monoisotopic (exact) mass is 322 g/mol. The van der Waals surface area contributed by atoms with Crippen molar-refractivity contribution in [1.82, 2.24) is 10.2 Å². The van der Waals surface area contributed by atoms with Crippen LogP contribution in [0.15, 0.2) is 17.5 Å². The van der Waals surface area contributed by atoms with Crippen LogP contribution in [0.1, 0.15) is 37.5 Å². The van der Waals surface area contributed by atoms with Gasteiger partial charge >= 0.3 is 0 Å². The molecule has 0 bridgehead atoms. The summed E-state index contributed by atoms with van der Waals surface area (Å²) in [4.78, 5) is 37.7. The van der Waals surface area contributed by atoms with E-state index in [-0.39, 0.29) is 30.1 Å². The van der Waals surface area contributed by atoms with E-state index in [0.717, 1.165) is 17.7 Å². The van der Waals surface area contributed by atoms with Gasteiger partial charge in [-0.05, 0) is 31.2 Å². The fraction of sp³-hybridized carbons (Fsp3) is 0.562. The molecule has 22 heavy (non-hydrogen) atoms. The first kappa shape index (κ1) is 16.7. The average Bonchev–Trinajstić information content (AvgIpc) is 2.99. The average molecular weight is 322 g/mol. The van der Waals surface area contributed by atoms with E-state index < -0.39 is 0 Å². The standard InChI is InChI=1S/C16H22N2O3S/c1-12(19)4-5-15(20)17-13-6-8-18(9-7-13)16(21)11-14-3-2-10-22-14/h2-3,10,13H,4-9,11H2,1H3,(H,17,20). The van der Waals surface area contributed by atoms with E-state index in [1.165, 1.54) is 6.92 Å². The number of ketones is 1. The SMILES string of the molecule is CC(=O)CCC(=O)NC1CCN(C(=O)Cc2cccs2)CC1. The molecule has 2 heterocycles. The molecule has 1 aromatic rings. The molecular formula is C16H22N2O3S. The fourth-order valence-electron chi connectivity index (χ4n) is 2.54. The summed E-state index contributed by atoms with van der Waals surface area (Å²) in [6.45, 7) is 2.86. The van der Waals surface area contributed by atoms with Gasteiger partial charge in [0.05, 0.1) is 6.42 Å². The number of hydrogen-bond donors (Lipinski definition) is 1. The molecule has 6 heteroatoms. The molecule has 0 atom stereocenters. The highest BCUT2D eigenvalue weighted by atomic mass is 32.1. The molecular weight excluding hydrogens is 300 g/mol. The number of hydrogen-bond acceptors (Lipinski definition) is 4. The number of carbonyl (C=O) groups is 3. The van der Waals surface area contributed by atoms with E-state index in [9.17, 15) is 14.4 Å². The zero-order valence-corrected chi connectivity index (χ0v) is 13.7. The first-order valence-corrected chi connectivity index (χ1v) is 8.51. The summed E-state index contributed by atoms with van der Waals surface area (Å²) in [6, 6.07) is 4.05. The maximum atomic E-state index is 12.2. The quantitative estimate of drug-likeness (QED) is 0.868. The van der Waals surface area contributed by atoms with Gasteiger partial charge < -0.3 is 15.0 Å². The number of amides is 2. The van der Waals surface area contributed by atoms with Crippen LogP contribution in [0.3, 0.4) is 0 Å². The van der Waals surface area contributed by atoms with Crippen LogP contribution in [-0.2, 0) is 20.8 Å². The predicted molar refractivity (Wildman–Crippen MR) is 85.7 cm³/mol. The molecule has 1 aliphatic heterocycles. The molecule has 0 radical (unpaired) electrons. The Morgan fingerprint density at radius 3 is 2.59 bits per heavy atom. The van der Waals surface area contributed by atoms with Gasteiger partial charge in [0.1, 0.15) is 5.78 Å². The minimum atomic E-state index is -0.0708. The number of thiophene rings is 1. The molecule has 1 fully saturated rings. The summed E-state index contributed by atoms with van der Waals surface area (Å²) in [6.07, 6.45) is 2.58. The van der Waals surface area contributed by atoms with Crippen LogP contribution in [0.4, 0.5) is 0 Å². The Bertz CT molecular complexity index is 520. The molecule has 2 rings (SSSR count). The van der Waals surface area contributed by atoms with Crippen LogP contribution in [0, 0.1) is 0 Å². The van der Waals surface area contributed by atoms with E-state index >= 15 is 0 Å². The van der Waals surface area contributed by atoms with Crippen molar-refractivity contribution in [2.75, 3.05) is 13.1 Å². The second-order valence-electron chi connectivity index (χ2n) is 5.68. The second kappa shape index (κ2) is 8.08. The summed E-state index contributed by atoms with van der Waals surface area (Å²) in [5.41, 5.74) is 0. The third-order valence-corrected chi connectivity index (χ3v) is 4.70. The Labute approximate surface area is 134 Å². The Kier molecular flexibility index (Phi) is 6.12. The number of Topliss-reactive ketones (excluding diaryl/α,β-unsaturated/α-hetero) is 1. The van der Waals surface area contributed by atoms with Crippen molar-refractivity contribution in [1.29, 1.82) is 0 Å². The van der Waals surface area contributed by atoms with Crippen LogP contribution < -0.4 is 5.32 Å². The van der Waals surface area contributed by atoms with E-state index in [1.807, 2.05) is 22.4 Å². The van der Waals surface area contributed by atoms with Crippen molar-refractivity contribution in [3.05, 3.63) is 22.4 Å². The van der Waals surface area contributed by atoms with Gasteiger partial charge in [-0.25, -0.2) is 0 Å². The molecule has 5 nitrogen and oxygen atoms in total. The van der Waals surface area contributed by atoms with Gasteiger partial charge in [0.15, 0.2) is 0 Å². The lowest BCUT2D eigenvalue weighted by atomic mass is 10.0. The highest BCUT2D eigenvalue weighted by Crippen LogP contribution is 2.15. The zero-order chi connectivity index (χ0) is 15.9. The third-order valence-electron chi connectivity index (χ3n) is 3.82. The van der Waals surface area contributed by atoms with Crippen LogP contribution in [0.5, 0.6) is 0 Å². The van der Waals surface area contributed by atoms with Crippen molar-refractivity contribution in [2.24, 2.45) is 0 Å².